The maximum absolute atomic E-state index is 6.19. The first kappa shape index (κ1) is 21.5. The highest BCUT2D eigenvalue weighted by atomic mass is 28.4. The standard InChI is InChI=1S/C18H35BN2O4Si/c1-16(2,3)26(9,10)23-12-11-22-15-14(13-20-21(15)8)19-24-17(4,5)18(6,7)25-19/h13H,11-12H2,1-10H3. The van der Waals surface area contributed by atoms with Crippen LogP contribution >= 0.6 is 0 Å². The van der Waals surface area contributed by atoms with Crippen LogP contribution in [0.5, 0.6) is 5.88 Å². The molecule has 148 valence electrons. The number of aromatic nitrogens is 2. The summed E-state index contributed by atoms with van der Waals surface area (Å²) in [7, 11) is -0.391. The highest BCUT2D eigenvalue weighted by Crippen LogP contribution is 2.37. The van der Waals surface area contributed by atoms with Crippen molar-refractivity contribution >= 4 is 20.9 Å². The van der Waals surface area contributed by atoms with Gasteiger partial charge in [-0.25, -0.2) is 4.68 Å². The molecule has 0 aliphatic carbocycles. The summed E-state index contributed by atoms with van der Waals surface area (Å²) >= 11 is 0. The smallest absolute Gasteiger partial charge is 0.476 e. The molecule has 0 bridgehead atoms. The lowest BCUT2D eigenvalue weighted by molar-refractivity contribution is 0.00578. The van der Waals surface area contributed by atoms with Crippen molar-refractivity contribution in [3.8, 4) is 5.88 Å². The van der Waals surface area contributed by atoms with Gasteiger partial charge in [0.2, 0.25) is 5.88 Å². The molecule has 8 heteroatoms. The molecule has 1 aliphatic rings. The van der Waals surface area contributed by atoms with Gasteiger partial charge in [-0.1, -0.05) is 20.8 Å². The third kappa shape index (κ3) is 4.18. The van der Waals surface area contributed by atoms with E-state index >= 15 is 0 Å². The lowest BCUT2D eigenvalue weighted by atomic mass is 9.81. The first-order valence-electron chi connectivity index (χ1n) is 9.32. The molecule has 1 aliphatic heterocycles. The van der Waals surface area contributed by atoms with E-state index in [9.17, 15) is 0 Å². The topological polar surface area (TPSA) is 54.7 Å². The zero-order valence-electron chi connectivity index (χ0n) is 18.1. The maximum Gasteiger partial charge on any atom is 0.502 e. The first-order chi connectivity index (χ1) is 11.7. The number of hydrogen-bond donors (Lipinski definition) is 0. The van der Waals surface area contributed by atoms with E-state index in [0.29, 0.717) is 19.1 Å². The Balaban J connectivity index is 2.01. The van der Waals surface area contributed by atoms with Crippen molar-refractivity contribution in [3.05, 3.63) is 6.20 Å². The van der Waals surface area contributed by atoms with E-state index in [4.69, 9.17) is 18.5 Å². The summed E-state index contributed by atoms with van der Waals surface area (Å²) in [5, 5.41) is 4.51. The molecule has 0 saturated carbocycles. The van der Waals surface area contributed by atoms with E-state index in [1.54, 1.807) is 10.9 Å². The molecular weight excluding hydrogens is 347 g/mol. The van der Waals surface area contributed by atoms with Crippen LogP contribution in [0.15, 0.2) is 6.20 Å². The minimum atomic E-state index is -1.77. The summed E-state index contributed by atoms with van der Waals surface area (Å²) in [5.74, 6) is 0.669. The lowest BCUT2D eigenvalue weighted by Crippen LogP contribution is -2.42. The van der Waals surface area contributed by atoms with Crippen molar-refractivity contribution in [2.75, 3.05) is 13.2 Å². The summed E-state index contributed by atoms with van der Waals surface area (Å²) in [6.45, 7) is 20.4. The van der Waals surface area contributed by atoms with Crippen LogP contribution < -0.4 is 10.2 Å². The molecule has 1 fully saturated rings. The van der Waals surface area contributed by atoms with Crippen LogP contribution in [-0.2, 0) is 20.8 Å². The molecule has 0 spiro atoms. The summed E-state index contributed by atoms with van der Waals surface area (Å²) < 4.78 is 26.2. The molecule has 0 unspecified atom stereocenters. The van der Waals surface area contributed by atoms with Crippen LogP contribution in [0.3, 0.4) is 0 Å². The van der Waals surface area contributed by atoms with Gasteiger partial charge in [0, 0.05) is 7.05 Å². The van der Waals surface area contributed by atoms with Crippen LogP contribution in [-0.4, -0.2) is 49.6 Å². The van der Waals surface area contributed by atoms with E-state index in [1.807, 2.05) is 34.7 Å². The molecule has 0 atom stereocenters. The zero-order chi connectivity index (χ0) is 20.0. The SMILES string of the molecule is Cn1ncc(B2OC(C)(C)C(C)(C)O2)c1OCCO[Si](C)(C)C(C)(C)C. The zero-order valence-corrected chi connectivity index (χ0v) is 19.1. The van der Waals surface area contributed by atoms with Gasteiger partial charge < -0.3 is 18.5 Å². The molecule has 0 N–H and O–H groups in total. The predicted molar refractivity (Wildman–Crippen MR) is 108 cm³/mol. The fraction of sp³-hybridized carbons (Fsp3) is 0.833. The molecule has 2 rings (SSSR count). The van der Waals surface area contributed by atoms with Crippen molar-refractivity contribution in [1.82, 2.24) is 9.78 Å². The van der Waals surface area contributed by atoms with Gasteiger partial charge in [0.15, 0.2) is 8.32 Å². The van der Waals surface area contributed by atoms with Crippen molar-refractivity contribution in [3.63, 3.8) is 0 Å². The monoisotopic (exact) mass is 382 g/mol. The summed E-state index contributed by atoms with van der Waals surface area (Å²) in [6, 6.07) is 0. The van der Waals surface area contributed by atoms with Gasteiger partial charge >= 0.3 is 7.12 Å². The van der Waals surface area contributed by atoms with Crippen LogP contribution in [0, 0.1) is 0 Å². The normalized spacial score (nSPS) is 19.8. The third-order valence-corrected chi connectivity index (χ3v) is 10.5. The summed E-state index contributed by atoms with van der Waals surface area (Å²) in [6.07, 6.45) is 1.76. The van der Waals surface area contributed by atoms with Gasteiger partial charge in [-0.2, -0.15) is 5.10 Å². The second-order valence-electron chi connectivity index (χ2n) is 9.57. The van der Waals surface area contributed by atoms with Gasteiger partial charge in [-0.15, -0.1) is 0 Å². The van der Waals surface area contributed by atoms with Gasteiger partial charge in [-0.05, 0) is 45.8 Å². The number of aryl methyl sites for hydroxylation is 1. The fourth-order valence-electron chi connectivity index (χ4n) is 2.40. The molecule has 6 nitrogen and oxygen atoms in total. The number of rotatable bonds is 6. The predicted octanol–water partition coefficient (Wildman–Crippen LogP) is 3.12. The highest BCUT2D eigenvalue weighted by molar-refractivity contribution is 6.74. The Labute approximate surface area is 159 Å². The van der Waals surface area contributed by atoms with E-state index < -0.39 is 26.6 Å². The lowest BCUT2D eigenvalue weighted by Gasteiger charge is -2.36. The van der Waals surface area contributed by atoms with E-state index in [2.05, 4.69) is 39.0 Å². The quantitative estimate of drug-likeness (QED) is 0.559. The molecule has 26 heavy (non-hydrogen) atoms. The Hall–Kier alpha value is -0.828. The first-order valence-corrected chi connectivity index (χ1v) is 12.2. The summed E-state index contributed by atoms with van der Waals surface area (Å²) in [4.78, 5) is 0. The Morgan fingerprint density at radius 3 is 2.15 bits per heavy atom. The Morgan fingerprint density at radius 1 is 1.12 bits per heavy atom. The van der Waals surface area contributed by atoms with Gasteiger partial charge in [0.25, 0.3) is 0 Å². The van der Waals surface area contributed by atoms with Gasteiger partial charge in [0.1, 0.15) is 6.61 Å². The second-order valence-corrected chi connectivity index (χ2v) is 14.4. The average molecular weight is 382 g/mol. The van der Waals surface area contributed by atoms with Crippen molar-refractivity contribution in [1.29, 1.82) is 0 Å². The Kier molecular flexibility index (Phi) is 5.75. The molecule has 1 saturated heterocycles. The Morgan fingerprint density at radius 2 is 1.65 bits per heavy atom. The molecule has 1 aromatic rings. The van der Waals surface area contributed by atoms with Gasteiger partial charge in [-0.3, -0.25) is 0 Å². The van der Waals surface area contributed by atoms with Crippen LogP contribution in [0.2, 0.25) is 18.1 Å². The molecule has 2 heterocycles. The van der Waals surface area contributed by atoms with E-state index in [1.165, 1.54) is 0 Å². The number of ether oxygens (including phenoxy) is 1. The second kappa shape index (κ2) is 6.96. The molecule has 1 aromatic heterocycles. The molecule has 0 radical (unpaired) electrons. The minimum absolute atomic E-state index is 0.188. The van der Waals surface area contributed by atoms with Crippen LogP contribution in [0.1, 0.15) is 48.5 Å². The van der Waals surface area contributed by atoms with Crippen LogP contribution in [0.25, 0.3) is 0 Å². The number of hydrogen-bond acceptors (Lipinski definition) is 5. The molecule has 0 aromatic carbocycles. The fourth-order valence-corrected chi connectivity index (χ4v) is 3.43. The van der Waals surface area contributed by atoms with Crippen molar-refractivity contribution < 1.29 is 18.5 Å². The van der Waals surface area contributed by atoms with Crippen molar-refractivity contribution in [2.45, 2.75) is 77.8 Å². The molecule has 0 amide bonds. The van der Waals surface area contributed by atoms with E-state index in [-0.39, 0.29) is 5.04 Å². The number of nitrogens with zero attached hydrogens (tertiary/aromatic N) is 2. The maximum atomic E-state index is 6.19. The van der Waals surface area contributed by atoms with E-state index in [0.717, 1.165) is 5.46 Å². The minimum Gasteiger partial charge on any atom is -0.476 e. The molecular formula is C18H35BN2O4Si. The largest absolute Gasteiger partial charge is 0.502 e. The van der Waals surface area contributed by atoms with Crippen LogP contribution in [0.4, 0.5) is 0 Å². The Bertz CT molecular complexity index is 622. The third-order valence-electron chi connectivity index (χ3n) is 6.01. The van der Waals surface area contributed by atoms with Gasteiger partial charge in [0.05, 0.1) is 29.5 Å². The van der Waals surface area contributed by atoms with Crippen molar-refractivity contribution in [2.24, 2.45) is 7.05 Å². The summed E-state index contributed by atoms with van der Waals surface area (Å²) in [5.41, 5.74) is 0.0328. The average Bonchev–Trinajstić information content (AvgIpc) is 2.91. The highest BCUT2D eigenvalue weighted by Gasteiger charge is 2.53.